The van der Waals surface area contributed by atoms with Crippen molar-refractivity contribution in [3.8, 4) is 5.75 Å². The van der Waals surface area contributed by atoms with E-state index in [0.717, 1.165) is 18.4 Å². The van der Waals surface area contributed by atoms with Gasteiger partial charge in [-0.1, -0.05) is 36.2 Å². The number of carbonyl (C=O) groups is 2. The van der Waals surface area contributed by atoms with Gasteiger partial charge in [0, 0.05) is 35.3 Å². The molecule has 0 aromatic heterocycles. The van der Waals surface area contributed by atoms with Gasteiger partial charge in [-0.15, -0.1) is 0 Å². The third-order valence-electron chi connectivity index (χ3n) is 5.39. The normalized spacial score (nSPS) is 11.9. The maximum atomic E-state index is 13.6. The van der Waals surface area contributed by atoms with Crippen molar-refractivity contribution in [2.75, 3.05) is 30.8 Å². The molecule has 0 saturated carbocycles. The summed E-state index contributed by atoms with van der Waals surface area (Å²) in [6.07, 6.45) is 1.53. The van der Waals surface area contributed by atoms with E-state index >= 15 is 0 Å². The average Bonchev–Trinajstić information content (AvgIpc) is 2.83. The third kappa shape index (κ3) is 7.94. The summed E-state index contributed by atoms with van der Waals surface area (Å²) in [6, 6.07) is 7.05. The molecular weight excluding hydrogens is 547 g/mol. The Morgan fingerprint density at radius 1 is 1.19 bits per heavy atom. The minimum Gasteiger partial charge on any atom is -0.495 e. The fraction of sp³-hybridized carbons (Fsp3) is 0.391. The van der Waals surface area contributed by atoms with Crippen LogP contribution in [0.25, 0.3) is 0 Å². The monoisotopic (exact) mass is 574 g/mol. The molecule has 1 atom stereocenters. The Bertz CT molecular complexity index is 1270. The van der Waals surface area contributed by atoms with Crippen LogP contribution in [0.15, 0.2) is 36.4 Å². The van der Waals surface area contributed by atoms with Crippen molar-refractivity contribution in [3.63, 3.8) is 0 Å². The van der Waals surface area contributed by atoms with E-state index in [0.29, 0.717) is 27.9 Å². The zero-order valence-corrected chi connectivity index (χ0v) is 23.1. The van der Waals surface area contributed by atoms with E-state index in [1.807, 2.05) is 6.92 Å². The van der Waals surface area contributed by atoms with Crippen LogP contribution in [-0.2, 0) is 26.2 Å². The van der Waals surface area contributed by atoms with Gasteiger partial charge >= 0.3 is 0 Å². The van der Waals surface area contributed by atoms with Crippen molar-refractivity contribution in [2.45, 2.75) is 32.9 Å². The molecule has 0 aliphatic carbocycles. The van der Waals surface area contributed by atoms with Gasteiger partial charge in [-0.2, -0.15) is 0 Å². The number of nitrogens with one attached hydrogen (secondary N) is 1. The average molecular weight is 575 g/mol. The molecule has 2 aromatic rings. The molecule has 0 fully saturated rings. The summed E-state index contributed by atoms with van der Waals surface area (Å²) in [5.41, 5.74) is -0.109. The van der Waals surface area contributed by atoms with Crippen molar-refractivity contribution in [1.29, 1.82) is 0 Å². The largest absolute Gasteiger partial charge is 0.495 e. The zero-order chi connectivity index (χ0) is 27.9. The van der Waals surface area contributed by atoms with Crippen LogP contribution in [0.5, 0.6) is 5.75 Å². The molecule has 2 rings (SSSR count). The van der Waals surface area contributed by atoms with Gasteiger partial charge in [0.15, 0.2) is 0 Å². The summed E-state index contributed by atoms with van der Waals surface area (Å²) in [5, 5.41) is 14.7. The van der Waals surface area contributed by atoms with E-state index in [9.17, 15) is 28.1 Å². The number of halogens is 2. The number of methoxy groups -OCH3 is 1. The summed E-state index contributed by atoms with van der Waals surface area (Å²) in [4.78, 5) is 38.2. The Morgan fingerprint density at radius 3 is 2.41 bits per heavy atom. The molecule has 2 amide bonds. The Morgan fingerprint density at radius 2 is 1.86 bits per heavy atom. The molecule has 1 N–H and O–H groups in total. The standard InChI is InChI=1S/C23H28Cl2N4O7S/c1-5-10-26-23(31)15(2)27(13-16-6-7-17(24)11-19(16)25)22(30)14-28(37(4,34)35)20-12-18(29(32)33)8-9-21(20)36-3/h6-9,11-12,15H,5,10,13-14H2,1-4H3,(H,26,31)/t15-/m0/s1. The van der Waals surface area contributed by atoms with Crippen LogP contribution in [0.4, 0.5) is 11.4 Å². The smallest absolute Gasteiger partial charge is 0.271 e. The van der Waals surface area contributed by atoms with Crippen molar-refractivity contribution >= 4 is 56.4 Å². The van der Waals surface area contributed by atoms with Gasteiger partial charge in [-0.25, -0.2) is 8.42 Å². The molecule has 0 spiro atoms. The molecular formula is C23H28Cl2N4O7S. The van der Waals surface area contributed by atoms with Gasteiger partial charge in [0.05, 0.1) is 18.3 Å². The highest BCUT2D eigenvalue weighted by Crippen LogP contribution is 2.34. The SMILES string of the molecule is CCCNC(=O)[C@H](C)N(Cc1ccc(Cl)cc1Cl)C(=O)CN(c1cc([N+](=O)[O-])ccc1OC)S(C)(=O)=O. The predicted molar refractivity (Wildman–Crippen MR) is 142 cm³/mol. The lowest BCUT2D eigenvalue weighted by Crippen LogP contribution is -2.51. The third-order valence-corrected chi connectivity index (χ3v) is 7.11. The second-order valence-electron chi connectivity index (χ2n) is 8.11. The molecule has 37 heavy (non-hydrogen) atoms. The Hall–Kier alpha value is -3.09. The molecule has 2 aromatic carbocycles. The highest BCUT2D eigenvalue weighted by atomic mass is 35.5. The summed E-state index contributed by atoms with van der Waals surface area (Å²) in [5.74, 6) is -1.19. The Balaban J connectivity index is 2.53. The lowest BCUT2D eigenvalue weighted by Gasteiger charge is -2.32. The van der Waals surface area contributed by atoms with Crippen LogP contribution in [0.2, 0.25) is 10.0 Å². The molecule has 0 unspecified atom stereocenters. The molecule has 11 nitrogen and oxygen atoms in total. The van der Waals surface area contributed by atoms with E-state index in [2.05, 4.69) is 5.32 Å². The first-order chi connectivity index (χ1) is 17.3. The van der Waals surface area contributed by atoms with Crippen LogP contribution >= 0.6 is 23.2 Å². The van der Waals surface area contributed by atoms with Crippen molar-refractivity contribution in [3.05, 3.63) is 62.1 Å². The first-order valence-corrected chi connectivity index (χ1v) is 13.7. The highest BCUT2D eigenvalue weighted by Gasteiger charge is 2.32. The quantitative estimate of drug-likeness (QED) is 0.301. The number of hydrogen-bond acceptors (Lipinski definition) is 7. The van der Waals surface area contributed by atoms with Gasteiger partial charge in [-0.3, -0.25) is 24.0 Å². The fourth-order valence-electron chi connectivity index (χ4n) is 3.39. The van der Waals surface area contributed by atoms with E-state index in [1.165, 1.54) is 31.1 Å². The summed E-state index contributed by atoms with van der Waals surface area (Å²) >= 11 is 12.3. The molecule has 0 heterocycles. The Labute approximate surface area is 225 Å². The van der Waals surface area contributed by atoms with E-state index in [1.54, 1.807) is 12.1 Å². The zero-order valence-electron chi connectivity index (χ0n) is 20.7. The highest BCUT2D eigenvalue weighted by molar-refractivity contribution is 7.92. The van der Waals surface area contributed by atoms with E-state index in [-0.39, 0.29) is 23.0 Å². The molecule has 0 aliphatic heterocycles. The number of hydrogen-bond donors (Lipinski definition) is 1. The van der Waals surface area contributed by atoms with Crippen LogP contribution in [-0.4, -0.2) is 62.6 Å². The lowest BCUT2D eigenvalue weighted by molar-refractivity contribution is -0.384. The summed E-state index contributed by atoms with van der Waals surface area (Å²) in [6.45, 7) is 2.88. The Kier molecular flexibility index (Phi) is 10.5. The molecule has 14 heteroatoms. The second kappa shape index (κ2) is 12.9. The summed E-state index contributed by atoms with van der Waals surface area (Å²) < 4.78 is 31.4. The topological polar surface area (TPSA) is 139 Å². The number of sulfonamides is 1. The van der Waals surface area contributed by atoms with Crippen molar-refractivity contribution in [2.24, 2.45) is 0 Å². The van der Waals surface area contributed by atoms with Gasteiger partial charge in [0.25, 0.3) is 5.69 Å². The van der Waals surface area contributed by atoms with Crippen molar-refractivity contribution < 1.29 is 27.7 Å². The number of nitro groups is 1. The van der Waals surface area contributed by atoms with E-state index in [4.69, 9.17) is 27.9 Å². The second-order valence-corrected chi connectivity index (χ2v) is 10.9. The van der Waals surface area contributed by atoms with Crippen LogP contribution in [0, 0.1) is 10.1 Å². The van der Waals surface area contributed by atoms with Gasteiger partial charge < -0.3 is 15.0 Å². The van der Waals surface area contributed by atoms with Crippen LogP contribution in [0.1, 0.15) is 25.8 Å². The molecule has 0 saturated heterocycles. The number of carbonyl (C=O) groups excluding carboxylic acids is 2. The van der Waals surface area contributed by atoms with Crippen LogP contribution < -0.4 is 14.4 Å². The molecule has 0 radical (unpaired) electrons. The number of anilines is 1. The van der Waals surface area contributed by atoms with Crippen LogP contribution in [0.3, 0.4) is 0 Å². The lowest BCUT2D eigenvalue weighted by atomic mass is 10.1. The maximum absolute atomic E-state index is 13.6. The predicted octanol–water partition coefficient (Wildman–Crippen LogP) is 3.62. The molecule has 202 valence electrons. The number of amides is 2. The first kappa shape index (κ1) is 30.1. The summed E-state index contributed by atoms with van der Waals surface area (Å²) in [7, 11) is -2.86. The van der Waals surface area contributed by atoms with Crippen molar-refractivity contribution in [1.82, 2.24) is 10.2 Å². The number of nitro benzene ring substituents is 1. The number of ether oxygens (including phenoxy) is 1. The number of non-ortho nitro benzene ring substituents is 1. The first-order valence-electron chi connectivity index (χ1n) is 11.1. The van der Waals surface area contributed by atoms with E-state index < -0.39 is 45.0 Å². The van der Waals surface area contributed by atoms with Gasteiger partial charge in [0.1, 0.15) is 24.0 Å². The molecule has 0 aliphatic rings. The van der Waals surface area contributed by atoms with Gasteiger partial charge in [-0.05, 0) is 37.1 Å². The van der Waals surface area contributed by atoms with Gasteiger partial charge in [0.2, 0.25) is 21.8 Å². The number of nitrogens with zero attached hydrogens (tertiary/aromatic N) is 3. The minimum absolute atomic E-state index is 0.00450. The number of benzene rings is 2. The fourth-order valence-corrected chi connectivity index (χ4v) is 4.71. The number of rotatable bonds is 12. The maximum Gasteiger partial charge on any atom is 0.271 e. The molecule has 0 bridgehead atoms. The minimum atomic E-state index is -4.13.